The first-order valence-corrected chi connectivity index (χ1v) is 7.55. The third-order valence-corrected chi connectivity index (χ3v) is 4.09. The molecule has 8 heteroatoms. The van der Waals surface area contributed by atoms with Crippen LogP contribution in [0.4, 0.5) is 0 Å². The summed E-state index contributed by atoms with van der Waals surface area (Å²) in [6.07, 6.45) is 1.40. The monoisotopic (exact) mass is 290 g/mol. The Balaban J connectivity index is 1.99. The van der Waals surface area contributed by atoms with Crippen molar-refractivity contribution in [2.45, 2.75) is 30.0 Å². The second-order valence-corrected chi connectivity index (χ2v) is 6.16. The topological polar surface area (TPSA) is 115 Å². The Labute approximate surface area is 111 Å². The molecule has 1 saturated heterocycles. The standard InChI is InChI=1S/C11H18N2O5S/c12-19(15,16)10-2-1-9(18-10)7-13-11(8-14)3-5-17-6-4-11/h1-2,13-14H,3-8H2,(H2,12,15,16). The van der Waals surface area contributed by atoms with E-state index in [2.05, 4.69) is 5.32 Å². The van der Waals surface area contributed by atoms with Crippen molar-refractivity contribution >= 4 is 10.0 Å². The molecule has 1 aromatic rings. The quantitative estimate of drug-likeness (QED) is 0.677. The largest absolute Gasteiger partial charge is 0.447 e. The third kappa shape index (κ3) is 3.54. The summed E-state index contributed by atoms with van der Waals surface area (Å²) >= 11 is 0. The summed E-state index contributed by atoms with van der Waals surface area (Å²) in [5, 5.41) is 17.4. The Morgan fingerprint density at radius 2 is 2.05 bits per heavy atom. The molecule has 1 aliphatic heterocycles. The summed E-state index contributed by atoms with van der Waals surface area (Å²) in [7, 11) is -3.81. The SMILES string of the molecule is NS(=O)(=O)c1ccc(CNC2(CO)CCOCC2)o1. The molecule has 0 unspecified atom stereocenters. The fraction of sp³-hybridized carbons (Fsp3) is 0.636. The van der Waals surface area contributed by atoms with Crippen LogP contribution in [0.2, 0.25) is 0 Å². The summed E-state index contributed by atoms with van der Waals surface area (Å²) in [4.78, 5) is 0. The average Bonchev–Trinajstić information content (AvgIpc) is 2.86. The van der Waals surface area contributed by atoms with E-state index in [0.717, 1.165) is 0 Å². The van der Waals surface area contributed by atoms with E-state index in [4.69, 9.17) is 14.3 Å². The number of hydrogen-bond acceptors (Lipinski definition) is 6. The zero-order valence-corrected chi connectivity index (χ0v) is 11.3. The average molecular weight is 290 g/mol. The minimum absolute atomic E-state index is 0.000880. The van der Waals surface area contributed by atoms with Crippen LogP contribution in [0.5, 0.6) is 0 Å². The highest BCUT2D eigenvalue weighted by Gasteiger charge is 2.31. The summed E-state index contributed by atoms with van der Waals surface area (Å²) in [6.45, 7) is 1.51. The number of primary sulfonamides is 1. The first-order chi connectivity index (χ1) is 8.95. The molecule has 1 fully saturated rings. The van der Waals surface area contributed by atoms with Gasteiger partial charge in [-0.05, 0) is 25.0 Å². The number of sulfonamides is 1. The second-order valence-electron chi connectivity index (χ2n) is 4.67. The van der Waals surface area contributed by atoms with Crippen molar-refractivity contribution in [1.29, 1.82) is 0 Å². The lowest BCUT2D eigenvalue weighted by Gasteiger charge is -2.36. The maximum atomic E-state index is 11.1. The van der Waals surface area contributed by atoms with Crippen molar-refractivity contribution in [3.05, 3.63) is 17.9 Å². The second kappa shape index (κ2) is 5.59. The summed E-state index contributed by atoms with van der Waals surface area (Å²) in [6, 6.07) is 2.87. The highest BCUT2D eigenvalue weighted by atomic mass is 32.2. The summed E-state index contributed by atoms with van der Waals surface area (Å²) < 4.78 is 32.6. The van der Waals surface area contributed by atoms with Crippen LogP contribution in [-0.4, -0.2) is 38.9 Å². The van der Waals surface area contributed by atoms with E-state index in [1.54, 1.807) is 6.07 Å². The first-order valence-electron chi connectivity index (χ1n) is 6.00. The Hall–Kier alpha value is -0.930. The van der Waals surface area contributed by atoms with Gasteiger partial charge in [0.2, 0.25) is 5.09 Å². The van der Waals surface area contributed by atoms with Crippen LogP contribution in [0.1, 0.15) is 18.6 Å². The molecule has 0 atom stereocenters. The van der Waals surface area contributed by atoms with Crippen LogP contribution in [0.25, 0.3) is 0 Å². The van der Waals surface area contributed by atoms with Gasteiger partial charge < -0.3 is 19.6 Å². The van der Waals surface area contributed by atoms with E-state index in [9.17, 15) is 13.5 Å². The lowest BCUT2D eigenvalue weighted by atomic mass is 9.91. The number of nitrogens with one attached hydrogen (secondary N) is 1. The molecule has 108 valence electrons. The van der Waals surface area contributed by atoms with Gasteiger partial charge in [-0.1, -0.05) is 0 Å². The minimum atomic E-state index is -3.81. The lowest BCUT2D eigenvalue weighted by molar-refractivity contribution is 0.0103. The third-order valence-electron chi connectivity index (χ3n) is 3.31. The number of aliphatic hydroxyl groups is 1. The van der Waals surface area contributed by atoms with Gasteiger partial charge in [-0.2, -0.15) is 0 Å². The number of rotatable bonds is 5. The molecular formula is C11H18N2O5S. The maximum Gasteiger partial charge on any atom is 0.271 e. The Morgan fingerprint density at radius 3 is 2.58 bits per heavy atom. The highest BCUT2D eigenvalue weighted by Crippen LogP contribution is 2.21. The van der Waals surface area contributed by atoms with Crippen molar-refractivity contribution in [1.82, 2.24) is 5.32 Å². The molecule has 0 aromatic carbocycles. The van der Waals surface area contributed by atoms with Gasteiger partial charge in [-0.3, -0.25) is 0 Å². The van der Waals surface area contributed by atoms with E-state index in [-0.39, 0.29) is 11.7 Å². The van der Waals surface area contributed by atoms with Gasteiger partial charge >= 0.3 is 0 Å². The molecule has 19 heavy (non-hydrogen) atoms. The number of furan rings is 1. The molecule has 2 rings (SSSR count). The first kappa shape index (κ1) is 14.5. The fourth-order valence-corrected chi connectivity index (χ4v) is 2.51. The number of hydrogen-bond donors (Lipinski definition) is 3. The summed E-state index contributed by atoms with van der Waals surface area (Å²) in [5.74, 6) is 0.461. The minimum Gasteiger partial charge on any atom is -0.447 e. The van der Waals surface area contributed by atoms with Crippen molar-refractivity contribution in [3.63, 3.8) is 0 Å². The van der Waals surface area contributed by atoms with Gasteiger partial charge in [0.15, 0.2) is 0 Å². The maximum absolute atomic E-state index is 11.1. The van der Waals surface area contributed by atoms with Gasteiger partial charge in [-0.25, -0.2) is 13.6 Å². The van der Waals surface area contributed by atoms with Gasteiger partial charge in [0, 0.05) is 18.8 Å². The molecule has 2 heterocycles. The van der Waals surface area contributed by atoms with Gasteiger partial charge in [0.1, 0.15) is 5.76 Å². The highest BCUT2D eigenvalue weighted by molar-refractivity contribution is 7.89. The lowest BCUT2D eigenvalue weighted by Crippen LogP contribution is -2.51. The van der Waals surface area contributed by atoms with Crippen LogP contribution in [-0.2, 0) is 21.3 Å². The van der Waals surface area contributed by atoms with E-state index in [0.29, 0.717) is 38.4 Å². The molecule has 1 aliphatic rings. The van der Waals surface area contributed by atoms with E-state index < -0.39 is 15.6 Å². The number of ether oxygens (including phenoxy) is 1. The van der Waals surface area contributed by atoms with E-state index >= 15 is 0 Å². The van der Waals surface area contributed by atoms with Crippen LogP contribution >= 0.6 is 0 Å². The molecule has 0 spiro atoms. The Bertz CT molecular complexity index is 519. The van der Waals surface area contributed by atoms with Crippen molar-refractivity contribution in [3.8, 4) is 0 Å². The molecule has 0 bridgehead atoms. The van der Waals surface area contributed by atoms with Crippen molar-refractivity contribution in [2.75, 3.05) is 19.8 Å². The molecule has 0 aliphatic carbocycles. The molecular weight excluding hydrogens is 272 g/mol. The zero-order chi connectivity index (χ0) is 13.9. The van der Waals surface area contributed by atoms with Gasteiger partial charge in [0.25, 0.3) is 10.0 Å². The zero-order valence-electron chi connectivity index (χ0n) is 10.5. The normalized spacial score (nSPS) is 19.5. The smallest absolute Gasteiger partial charge is 0.271 e. The fourth-order valence-electron chi connectivity index (χ4n) is 2.03. The van der Waals surface area contributed by atoms with Gasteiger partial charge in [-0.15, -0.1) is 0 Å². The van der Waals surface area contributed by atoms with Crippen LogP contribution in [0, 0.1) is 0 Å². The molecule has 0 radical (unpaired) electrons. The number of aliphatic hydroxyl groups excluding tert-OH is 1. The molecule has 7 nitrogen and oxygen atoms in total. The predicted octanol–water partition coefficient (Wildman–Crippen LogP) is -0.442. The Kier molecular flexibility index (Phi) is 4.26. The van der Waals surface area contributed by atoms with Crippen LogP contribution in [0.15, 0.2) is 21.6 Å². The number of nitrogens with two attached hydrogens (primary N) is 1. The molecule has 4 N–H and O–H groups in total. The molecule has 1 aromatic heterocycles. The Morgan fingerprint density at radius 1 is 1.37 bits per heavy atom. The molecule has 0 amide bonds. The van der Waals surface area contributed by atoms with E-state index in [1.807, 2.05) is 0 Å². The summed E-state index contributed by atoms with van der Waals surface area (Å²) in [5.41, 5.74) is -0.396. The van der Waals surface area contributed by atoms with E-state index in [1.165, 1.54) is 6.07 Å². The molecule has 0 saturated carbocycles. The van der Waals surface area contributed by atoms with Gasteiger partial charge in [0.05, 0.1) is 13.2 Å². The predicted molar refractivity (Wildman–Crippen MR) is 66.8 cm³/mol. The van der Waals surface area contributed by atoms with Crippen molar-refractivity contribution in [2.24, 2.45) is 5.14 Å². The van der Waals surface area contributed by atoms with Crippen molar-refractivity contribution < 1.29 is 22.7 Å². The van der Waals surface area contributed by atoms with Crippen LogP contribution in [0.3, 0.4) is 0 Å². The van der Waals surface area contributed by atoms with Crippen LogP contribution < -0.4 is 10.5 Å².